The molecule has 0 spiro atoms. The third kappa shape index (κ3) is 10.2. The van der Waals surface area contributed by atoms with Crippen LogP contribution in [0.4, 0.5) is 0 Å². The van der Waals surface area contributed by atoms with E-state index in [9.17, 15) is 4.79 Å². The number of hydrogen-bond donors (Lipinski definition) is 0. The monoisotopic (exact) mass is 449 g/mol. The molecule has 0 saturated carbocycles. The van der Waals surface area contributed by atoms with E-state index in [0.717, 1.165) is 56.6 Å². The van der Waals surface area contributed by atoms with Gasteiger partial charge in [0.2, 0.25) is 0 Å². The SMILES string of the molecule is CCCO[Si](C)(CCCCN(CC(=O)O[Si](CC)(CC)CC)[Si](C)(C)C)OC. The Kier molecular flexibility index (Phi) is 13.3. The van der Waals surface area contributed by atoms with Gasteiger partial charge in [0.15, 0.2) is 0 Å². The van der Waals surface area contributed by atoms with Crippen molar-refractivity contribution in [1.82, 2.24) is 4.57 Å². The fraction of sp³-hybridized carbons (Fsp3) is 0.950. The lowest BCUT2D eigenvalue weighted by Gasteiger charge is -2.35. The standard InChI is InChI=1S/C20H47NO4Si3/c1-10-17-24-27(9,23-5)18-15-14-16-21(26(6,7)8)19-20(22)25-28(11-2,12-3)13-4/h10-19H2,1-9H3. The maximum atomic E-state index is 12.7. The minimum absolute atomic E-state index is 0.0120. The summed E-state index contributed by atoms with van der Waals surface area (Å²) in [4.78, 5) is 12.7. The third-order valence-corrected chi connectivity index (χ3v) is 15.6. The van der Waals surface area contributed by atoms with E-state index in [1.807, 2.05) is 0 Å². The van der Waals surface area contributed by atoms with Gasteiger partial charge in [-0.2, -0.15) is 0 Å². The molecular weight excluding hydrogens is 402 g/mol. The van der Waals surface area contributed by atoms with Gasteiger partial charge in [-0.3, -0.25) is 4.79 Å². The minimum Gasteiger partial charge on any atom is -0.518 e. The van der Waals surface area contributed by atoms with Crippen LogP contribution in [-0.2, 0) is 18.1 Å². The van der Waals surface area contributed by atoms with Crippen LogP contribution < -0.4 is 0 Å². The normalized spacial score (nSPS) is 14.9. The summed E-state index contributed by atoms with van der Waals surface area (Å²) in [6, 6.07) is 4.04. The average Bonchev–Trinajstić information content (AvgIpc) is 2.66. The maximum absolute atomic E-state index is 12.7. The molecule has 0 heterocycles. The number of unbranched alkanes of at least 4 members (excludes halogenated alkanes) is 1. The van der Waals surface area contributed by atoms with Crippen molar-refractivity contribution in [3.63, 3.8) is 0 Å². The van der Waals surface area contributed by atoms with Crippen LogP contribution in [-0.4, -0.2) is 62.5 Å². The van der Waals surface area contributed by atoms with E-state index in [1.165, 1.54) is 0 Å². The molecule has 168 valence electrons. The first kappa shape index (κ1) is 28.0. The van der Waals surface area contributed by atoms with Crippen molar-refractivity contribution in [3.05, 3.63) is 0 Å². The fourth-order valence-electron chi connectivity index (χ4n) is 3.35. The van der Waals surface area contributed by atoms with Gasteiger partial charge < -0.3 is 17.8 Å². The highest BCUT2D eigenvalue weighted by Crippen LogP contribution is 2.23. The molecule has 0 aliphatic heterocycles. The zero-order chi connectivity index (χ0) is 21.8. The summed E-state index contributed by atoms with van der Waals surface area (Å²) in [6.07, 6.45) is 3.17. The van der Waals surface area contributed by atoms with Crippen molar-refractivity contribution < 1.29 is 18.1 Å². The first-order chi connectivity index (χ1) is 13.0. The minimum atomic E-state index is -2.03. The highest BCUT2D eigenvalue weighted by molar-refractivity contribution is 6.75. The molecule has 0 fully saturated rings. The summed E-state index contributed by atoms with van der Waals surface area (Å²) >= 11 is 0. The second-order valence-corrected chi connectivity index (χ2v) is 22.1. The molecule has 0 saturated heterocycles. The van der Waals surface area contributed by atoms with E-state index in [0.29, 0.717) is 6.54 Å². The first-order valence-electron chi connectivity index (χ1n) is 11.2. The summed E-state index contributed by atoms with van der Waals surface area (Å²) in [6.45, 7) is 19.9. The van der Waals surface area contributed by atoms with Crippen molar-refractivity contribution in [3.8, 4) is 0 Å². The van der Waals surface area contributed by atoms with Gasteiger partial charge in [0.25, 0.3) is 8.32 Å². The smallest absolute Gasteiger partial charge is 0.334 e. The third-order valence-electron chi connectivity index (χ3n) is 5.88. The Labute approximate surface area is 178 Å². The number of hydrogen-bond acceptors (Lipinski definition) is 5. The van der Waals surface area contributed by atoms with Crippen molar-refractivity contribution in [1.29, 1.82) is 0 Å². The lowest BCUT2D eigenvalue weighted by molar-refractivity contribution is -0.135. The molecule has 0 aromatic carbocycles. The Morgan fingerprint density at radius 3 is 1.93 bits per heavy atom. The van der Waals surface area contributed by atoms with Gasteiger partial charge in [0.05, 0.1) is 6.54 Å². The van der Waals surface area contributed by atoms with E-state index in [-0.39, 0.29) is 5.97 Å². The van der Waals surface area contributed by atoms with E-state index in [2.05, 4.69) is 58.4 Å². The van der Waals surface area contributed by atoms with E-state index in [4.69, 9.17) is 13.3 Å². The van der Waals surface area contributed by atoms with Crippen LogP contribution in [0, 0.1) is 0 Å². The molecule has 8 heteroatoms. The number of carbonyl (C=O) groups is 1. The van der Waals surface area contributed by atoms with Crippen LogP contribution in [0.1, 0.15) is 47.0 Å². The van der Waals surface area contributed by atoms with E-state index < -0.39 is 25.1 Å². The second kappa shape index (κ2) is 13.3. The molecule has 0 aromatic heterocycles. The highest BCUT2D eigenvalue weighted by Gasteiger charge is 2.35. The molecule has 0 bridgehead atoms. The molecule has 0 aliphatic carbocycles. The van der Waals surface area contributed by atoms with Crippen LogP contribution in [0.5, 0.6) is 0 Å². The van der Waals surface area contributed by atoms with Gasteiger partial charge in [-0.25, -0.2) is 0 Å². The Balaban J connectivity index is 4.71. The van der Waals surface area contributed by atoms with Gasteiger partial charge >= 0.3 is 14.5 Å². The Hall–Kier alpha value is 0.000649. The first-order valence-corrected chi connectivity index (χ1v) is 19.7. The molecule has 28 heavy (non-hydrogen) atoms. The predicted octanol–water partition coefficient (Wildman–Crippen LogP) is 5.60. The topological polar surface area (TPSA) is 48.0 Å². The molecule has 1 unspecified atom stereocenters. The van der Waals surface area contributed by atoms with Gasteiger partial charge in [0.1, 0.15) is 8.24 Å². The van der Waals surface area contributed by atoms with Gasteiger partial charge in [-0.15, -0.1) is 0 Å². The molecule has 0 aliphatic rings. The summed E-state index contributed by atoms with van der Waals surface area (Å²) in [5, 5.41) is 0. The largest absolute Gasteiger partial charge is 0.518 e. The van der Waals surface area contributed by atoms with Crippen molar-refractivity contribution >= 4 is 31.1 Å². The van der Waals surface area contributed by atoms with Crippen molar-refractivity contribution in [2.24, 2.45) is 0 Å². The molecule has 0 N–H and O–H groups in total. The molecule has 0 rings (SSSR count). The lowest BCUT2D eigenvalue weighted by Crippen LogP contribution is -2.51. The average molecular weight is 450 g/mol. The number of rotatable bonds is 16. The highest BCUT2D eigenvalue weighted by atomic mass is 28.4. The molecule has 0 amide bonds. The zero-order valence-corrected chi connectivity index (χ0v) is 23.2. The number of carbonyl (C=O) groups excluding carboxylic acids is 1. The Bertz CT molecular complexity index is 433. The molecule has 0 radical (unpaired) electrons. The van der Waals surface area contributed by atoms with Gasteiger partial charge in [0, 0.05) is 13.7 Å². The van der Waals surface area contributed by atoms with Crippen molar-refractivity contribution in [2.45, 2.75) is 97.3 Å². The molecule has 0 aromatic rings. The van der Waals surface area contributed by atoms with Crippen LogP contribution in [0.15, 0.2) is 0 Å². The molecule has 5 nitrogen and oxygen atoms in total. The van der Waals surface area contributed by atoms with Crippen LogP contribution in [0.2, 0.25) is 50.4 Å². The summed E-state index contributed by atoms with van der Waals surface area (Å²) in [5.41, 5.74) is 0. The Morgan fingerprint density at radius 1 is 0.929 bits per heavy atom. The fourth-order valence-corrected chi connectivity index (χ4v) is 9.25. The molecule has 1 atom stereocenters. The van der Waals surface area contributed by atoms with Crippen LogP contribution >= 0.6 is 0 Å². The van der Waals surface area contributed by atoms with Gasteiger partial charge in [-0.1, -0.05) is 53.8 Å². The summed E-state index contributed by atoms with van der Waals surface area (Å²) in [7, 11) is -3.72. The maximum Gasteiger partial charge on any atom is 0.334 e. The lowest BCUT2D eigenvalue weighted by atomic mass is 10.3. The van der Waals surface area contributed by atoms with Gasteiger partial charge in [-0.05, 0) is 50.1 Å². The Morgan fingerprint density at radius 2 is 1.50 bits per heavy atom. The number of nitrogens with zero attached hydrogens (tertiary/aromatic N) is 1. The molecular formula is C20H47NO4Si3. The quantitative estimate of drug-likeness (QED) is 0.227. The van der Waals surface area contributed by atoms with E-state index >= 15 is 0 Å². The summed E-state index contributed by atoms with van der Waals surface area (Å²) in [5.74, 6) is -0.0120. The predicted molar refractivity (Wildman–Crippen MR) is 127 cm³/mol. The zero-order valence-electron chi connectivity index (χ0n) is 20.2. The van der Waals surface area contributed by atoms with Crippen LogP contribution in [0.3, 0.4) is 0 Å². The van der Waals surface area contributed by atoms with Crippen LogP contribution in [0.25, 0.3) is 0 Å². The van der Waals surface area contributed by atoms with Crippen molar-refractivity contribution in [2.75, 3.05) is 26.8 Å². The second-order valence-electron chi connectivity index (χ2n) is 8.95. The summed E-state index contributed by atoms with van der Waals surface area (Å²) < 4.78 is 20.2. The van der Waals surface area contributed by atoms with E-state index in [1.54, 1.807) is 7.11 Å².